The first-order valence-electron chi connectivity index (χ1n) is 10.1. The molecule has 2 saturated heterocycles. The van der Waals surface area contributed by atoms with Crippen molar-refractivity contribution in [2.75, 3.05) is 12.1 Å². The molecule has 0 aromatic heterocycles. The van der Waals surface area contributed by atoms with Crippen LogP contribution in [0.4, 0.5) is 5.69 Å². The van der Waals surface area contributed by atoms with E-state index in [0.717, 1.165) is 16.8 Å². The molecule has 0 radical (unpaired) electrons. The number of carbonyl (C=O) groups excluding carboxylic acids is 1. The van der Waals surface area contributed by atoms with Crippen LogP contribution in [0, 0.1) is 0 Å². The van der Waals surface area contributed by atoms with Gasteiger partial charge < -0.3 is 4.90 Å². The van der Waals surface area contributed by atoms with Gasteiger partial charge in [0.05, 0.1) is 17.8 Å². The smallest absolute Gasteiger partial charge is 0.258 e. The Balaban J connectivity index is 1.53. The molecule has 0 saturated carbocycles. The average Bonchev–Trinajstić information content (AvgIpc) is 3.29. The van der Waals surface area contributed by atoms with E-state index in [-0.39, 0.29) is 18.0 Å². The molecular formula is C25H24N2O2. The Kier molecular flexibility index (Phi) is 4.36. The van der Waals surface area contributed by atoms with Gasteiger partial charge in [-0.15, -0.1) is 0 Å². The molecule has 5 rings (SSSR count). The second-order valence-corrected chi connectivity index (χ2v) is 7.92. The third-order valence-electron chi connectivity index (χ3n) is 6.16. The van der Waals surface area contributed by atoms with Crippen LogP contribution in [-0.4, -0.2) is 23.5 Å². The summed E-state index contributed by atoms with van der Waals surface area (Å²) in [6.45, 7) is 0. The lowest BCUT2D eigenvalue weighted by Crippen LogP contribution is -2.39. The molecule has 2 aliphatic rings. The van der Waals surface area contributed by atoms with Gasteiger partial charge in [0.15, 0.2) is 5.60 Å². The van der Waals surface area contributed by atoms with E-state index in [9.17, 15) is 4.79 Å². The number of rotatable bonds is 3. The molecule has 4 heteroatoms. The molecule has 3 aromatic carbocycles. The summed E-state index contributed by atoms with van der Waals surface area (Å²) in [6.07, 6.45) is 1.29. The first-order valence-corrected chi connectivity index (χ1v) is 10.1. The molecule has 2 fully saturated rings. The molecule has 0 N–H and O–H groups in total. The minimum absolute atomic E-state index is 0.00882. The Hall–Kier alpha value is -3.11. The average molecular weight is 384 g/mol. The van der Waals surface area contributed by atoms with Crippen molar-refractivity contribution < 1.29 is 9.63 Å². The second-order valence-electron chi connectivity index (χ2n) is 7.92. The van der Waals surface area contributed by atoms with Crippen molar-refractivity contribution in [2.45, 2.75) is 30.5 Å². The van der Waals surface area contributed by atoms with E-state index < -0.39 is 5.60 Å². The summed E-state index contributed by atoms with van der Waals surface area (Å²) < 4.78 is 0. The largest absolute Gasteiger partial charge is 0.336 e. The van der Waals surface area contributed by atoms with Crippen LogP contribution in [0.2, 0.25) is 0 Å². The Morgan fingerprint density at radius 1 is 0.759 bits per heavy atom. The van der Waals surface area contributed by atoms with Crippen LogP contribution in [0.25, 0.3) is 0 Å². The van der Waals surface area contributed by atoms with E-state index >= 15 is 0 Å². The lowest BCUT2D eigenvalue weighted by molar-refractivity contribution is -0.144. The monoisotopic (exact) mass is 384 g/mol. The maximum absolute atomic E-state index is 13.4. The molecular weight excluding hydrogens is 360 g/mol. The summed E-state index contributed by atoms with van der Waals surface area (Å²) in [4.78, 5) is 21.8. The fourth-order valence-corrected chi connectivity index (χ4v) is 4.68. The molecule has 146 valence electrons. The standard InChI is InChI=1S/C25H24N2O2/c1-26-22(19-11-5-2-6-12-19)17-25(24(26)28)18-23(20-13-7-3-8-14-20)27(29-25)21-15-9-4-10-16-21/h2-16,22-23H,17-18H2,1H3/t22-,23-,25+/m0/s1. The summed E-state index contributed by atoms with van der Waals surface area (Å²) in [5.74, 6) is 0.0608. The predicted molar refractivity (Wildman–Crippen MR) is 113 cm³/mol. The number of benzene rings is 3. The van der Waals surface area contributed by atoms with Crippen LogP contribution in [-0.2, 0) is 9.63 Å². The molecule has 1 spiro atoms. The third-order valence-corrected chi connectivity index (χ3v) is 6.16. The first kappa shape index (κ1) is 18.0. The first-order chi connectivity index (χ1) is 14.2. The summed E-state index contributed by atoms with van der Waals surface area (Å²) in [5, 5.41) is 1.94. The Morgan fingerprint density at radius 2 is 1.24 bits per heavy atom. The molecule has 3 atom stereocenters. The van der Waals surface area contributed by atoms with Gasteiger partial charge in [-0.1, -0.05) is 78.9 Å². The molecule has 1 amide bonds. The van der Waals surface area contributed by atoms with E-state index in [1.807, 2.05) is 83.7 Å². The quantitative estimate of drug-likeness (QED) is 0.643. The second kappa shape index (κ2) is 7.05. The zero-order chi connectivity index (χ0) is 19.8. The van der Waals surface area contributed by atoms with Crippen molar-refractivity contribution in [1.29, 1.82) is 0 Å². The number of amides is 1. The van der Waals surface area contributed by atoms with Crippen LogP contribution in [0.1, 0.15) is 36.1 Å². The topological polar surface area (TPSA) is 32.8 Å². The van der Waals surface area contributed by atoms with Gasteiger partial charge in [-0.05, 0) is 23.3 Å². The van der Waals surface area contributed by atoms with Crippen molar-refractivity contribution in [3.63, 3.8) is 0 Å². The number of hydroxylamine groups is 1. The van der Waals surface area contributed by atoms with Gasteiger partial charge >= 0.3 is 0 Å². The highest BCUT2D eigenvalue weighted by molar-refractivity contribution is 5.89. The molecule has 29 heavy (non-hydrogen) atoms. The molecule has 2 heterocycles. The van der Waals surface area contributed by atoms with E-state index in [2.05, 4.69) is 24.3 Å². The normalized spacial score (nSPS) is 26.4. The Labute approximate surface area is 171 Å². The maximum atomic E-state index is 13.4. The Bertz CT molecular complexity index is 944. The van der Waals surface area contributed by atoms with Gasteiger partial charge in [0.1, 0.15) is 0 Å². The van der Waals surface area contributed by atoms with Gasteiger partial charge in [-0.2, -0.15) is 0 Å². The van der Waals surface area contributed by atoms with E-state index in [0.29, 0.717) is 12.8 Å². The maximum Gasteiger partial charge on any atom is 0.258 e. The van der Waals surface area contributed by atoms with E-state index in [1.54, 1.807) is 0 Å². The third kappa shape index (κ3) is 3.00. The zero-order valence-corrected chi connectivity index (χ0v) is 16.4. The van der Waals surface area contributed by atoms with Gasteiger partial charge in [-0.3, -0.25) is 9.63 Å². The number of likely N-dealkylation sites (tertiary alicyclic amines) is 1. The Morgan fingerprint density at radius 3 is 1.83 bits per heavy atom. The van der Waals surface area contributed by atoms with Crippen molar-refractivity contribution in [3.05, 3.63) is 102 Å². The SMILES string of the molecule is CN1C(=O)[C@@]2(C[C@H]1c1ccccc1)C[C@@H](c1ccccc1)N(c1ccccc1)O2. The van der Waals surface area contributed by atoms with Crippen LogP contribution < -0.4 is 5.06 Å². The molecule has 4 nitrogen and oxygen atoms in total. The van der Waals surface area contributed by atoms with Crippen molar-refractivity contribution in [3.8, 4) is 0 Å². The molecule has 2 aliphatic heterocycles. The molecule has 0 bridgehead atoms. The van der Waals surface area contributed by atoms with Crippen LogP contribution in [0.5, 0.6) is 0 Å². The van der Waals surface area contributed by atoms with Gasteiger partial charge in [0.25, 0.3) is 5.91 Å². The lowest BCUT2D eigenvalue weighted by atomic mass is 9.88. The molecule has 0 aliphatic carbocycles. The number of carbonyl (C=O) groups is 1. The number of anilines is 1. The van der Waals surface area contributed by atoms with E-state index in [4.69, 9.17) is 4.84 Å². The fraction of sp³-hybridized carbons (Fsp3) is 0.240. The van der Waals surface area contributed by atoms with Gasteiger partial charge in [0.2, 0.25) is 0 Å². The van der Waals surface area contributed by atoms with Crippen LogP contribution in [0.15, 0.2) is 91.0 Å². The predicted octanol–water partition coefficient (Wildman–Crippen LogP) is 4.91. The van der Waals surface area contributed by atoms with Crippen LogP contribution >= 0.6 is 0 Å². The number of likely N-dealkylation sites (N-methyl/N-ethyl adjacent to an activating group) is 1. The number of nitrogens with zero attached hydrogens (tertiary/aromatic N) is 2. The highest BCUT2D eigenvalue weighted by Gasteiger charge is 2.59. The minimum atomic E-state index is -0.842. The number of hydrogen-bond acceptors (Lipinski definition) is 3. The fourth-order valence-electron chi connectivity index (χ4n) is 4.68. The zero-order valence-electron chi connectivity index (χ0n) is 16.4. The number of hydrogen-bond donors (Lipinski definition) is 0. The highest BCUT2D eigenvalue weighted by Crippen LogP contribution is 2.51. The summed E-state index contributed by atoms with van der Waals surface area (Å²) >= 11 is 0. The molecule has 0 unspecified atom stereocenters. The van der Waals surface area contributed by atoms with Gasteiger partial charge in [-0.25, -0.2) is 5.06 Å². The summed E-state index contributed by atoms with van der Waals surface area (Å²) in [6, 6.07) is 30.6. The summed E-state index contributed by atoms with van der Waals surface area (Å²) in [7, 11) is 1.89. The van der Waals surface area contributed by atoms with Gasteiger partial charge in [0, 0.05) is 19.9 Å². The van der Waals surface area contributed by atoms with Crippen molar-refractivity contribution >= 4 is 11.6 Å². The van der Waals surface area contributed by atoms with Crippen molar-refractivity contribution in [1.82, 2.24) is 4.90 Å². The summed E-state index contributed by atoms with van der Waals surface area (Å²) in [5.41, 5.74) is 2.44. The highest BCUT2D eigenvalue weighted by atomic mass is 16.7. The number of para-hydroxylation sites is 1. The molecule has 3 aromatic rings. The van der Waals surface area contributed by atoms with Crippen LogP contribution in [0.3, 0.4) is 0 Å². The van der Waals surface area contributed by atoms with Crippen molar-refractivity contribution in [2.24, 2.45) is 0 Å². The van der Waals surface area contributed by atoms with E-state index in [1.165, 1.54) is 0 Å². The minimum Gasteiger partial charge on any atom is -0.336 e. The lowest BCUT2D eigenvalue weighted by Gasteiger charge is -2.26.